The van der Waals surface area contributed by atoms with Crippen LogP contribution in [0.4, 0.5) is 5.69 Å². The van der Waals surface area contributed by atoms with Crippen LogP contribution in [0.25, 0.3) is 17.2 Å². The van der Waals surface area contributed by atoms with E-state index in [9.17, 15) is 4.79 Å². The molecule has 2 heterocycles. The fraction of sp³-hybridized carbons (Fsp3) is 0.238. The molecule has 0 aliphatic carbocycles. The highest BCUT2D eigenvalue weighted by Gasteiger charge is 2.22. The van der Waals surface area contributed by atoms with Crippen molar-refractivity contribution in [1.29, 1.82) is 0 Å². The van der Waals surface area contributed by atoms with Crippen molar-refractivity contribution in [2.24, 2.45) is 5.92 Å². The molecule has 2 aromatic carbocycles. The Morgan fingerprint density at radius 2 is 2.00 bits per heavy atom. The van der Waals surface area contributed by atoms with Crippen LogP contribution in [0.15, 0.2) is 65.1 Å². The van der Waals surface area contributed by atoms with Crippen LogP contribution in [0.1, 0.15) is 12.3 Å². The Bertz CT molecular complexity index is 884. The fourth-order valence-electron chi connectivity index (χ4n) is 3.28. The summed E-state index contributed by atoms with van der Waals surface area (Å²) in [5.74, 6) is 0.791. The summed E-state index contributed by atoms with van der Waals surface area (Å²) in [7, 11) is 0. The molecule has 26 heavy (non-hydrogen) atoms. The lowest BCUT2D eigenvalue weighted by Gasteiger charge is -2.18. The number of para-hydroxylation sites is 3. The van der Waals surface area contributed by atoms with Gasteiger partial charge in [-0.1, -0.05) is 30.3 Å². The largest absolute Gasteiger partial charge is 0.437 e. The average Bonchev–Trinajstić information content (AvgIpc) is 3.32. The maximum absolute atomic E-state index is 12.1. The van der Waals surface area contributed by atoms with Gasteiger partial charge in [0.15, 0.2) is 5.58 Å². The molecule has 1 N–H and O–H groups in total. The van der Waals surface area contributed by atoms with Crippen molar-refractivity contribution in [2.45, 2.75) is 6.42 Å². The molecule has 0 radical (unpaired) electrons. The van der Waals surface area contributed by atoms with Gasteiger partial charge in [0.2, 0.25) is 11.8 Å². The molecule has 1 aromatic heterocycles. The lowest BCUT2D eigenvalue weighted by atomic mass is 10.1. The van der Waals surface area contributed by atoms with E-state index in [1.807, 2.05) is 30.3 Å². The zero-order valence-electron chi connectivity index (χ0n) is 14.5. The van der Waals surface area contributed by atoms with Gasteiger partial charge in [0, 0.05) is 37.5 Å². The first-order valence-corrected chi connectivity index (χ1v) is 8.89. The predicted molar refractivity (Wildman–Crippen MR) is 103 cm³/mol. The summed E-state index contributed by atoms with van der Waals surface area (Å²) >= 11 is 0. The van der Waals surface area contributed by atoms with E-state index >= 15 is 0 Å². The number of carbonyl (C=O) groups excluding carboxylic acids is 1. The number of hydrogen-bond acceptors (Lipinski definition) is 4. The first-order chi connectivity index (χ1) is 12.8. The van der Waals surface area contributed by atoms with Crippen molar-refractivity contribution in [3.8, 4) is 0 Å². The lowest BCUT2D eigenvalue weighted by Crippen LogP contribution is -2.29. The van der Waals surface area contributed by atoms with Gasteiger partial charge in [-0.15, -0.1) is 0 Å². The van der Waals surface area contributed by atoms with E-state index in [2.05, 4.69) is 39.5 Å². The minimum atomic E-state index is -0.120. The number of nitrogens with one attached hydrogen (secondary N) is 1. The summed E-state index contributed by atoms with van der Waals surface area (Å²) < 4.78 is 5.57. The Labute approximate surface area is 152 Å². The molecule has 0 saturated carbocycles. The van der Waals surface area contributed by atoms with Crippen molar-refractivity contribution < 1.29 is 9.21 Å². The topological polar surface area (TPSA) is 58.4 Å². The fourth-order valence-corrected chi connectivity index (χ4v) is 3.28. The third-order valence-corrected chi connectivity index (χ3v) is 4.66. The van der Waals surface area contributed by atoms with Crippen LogP contribution in [-0.2, 0) is 4.79 Å². The molecule has 0 unspecified atom stereocenters. The second-order valence-corrected chi connectivity index (χ2v) is 6.53. The number of fused-ring (bicyclic) bond motifs is 1. The Morgan fingerprint density at radius 1 is 1.19 bits per heavy atom. The van der Waals surface area contributed by atoms with Crippen LogP contribution in [0.2, 0.25) is 0 Å². The highest BCUT2D eigenvalue weighted by atomic mass is 16.3. The number of hydrogen-bond donors (Lipinski definition) is 1. The first-order valence-electron chi connectivity index (χ1n) is 8.89. The van der Waals surface area contributed by atoms with Crippen molar-refractivity contribution >= 4 is 28.8 Å². The van der Waals surface area contributed by atoms with Crippen LogP contribution in [0, 0.1) is 5.92 Å². The molecule has 1 aliphatic rings. The molecular formula is C21H21N3O2. The van der Waals surface area contributed by atoms with Gasteiger partial charge >= 0.3 is 0 Å². The molecular weight excluding hydrogens is 326 g/mol. The maximum atomic E-state index is 12.1. The van der Waals surface area contributed by atoms with E-state index in [0.717, 1.165) is 30.6 Å². The van der Waals surface area contributed by atoms with Gasteiger partial charge in [0.05, 0.1) is 0 Å². The number of rotatable bonds is 5. The number of benzene rings is 2. The van der Waals surface area contributed by atoms with E-state index in [4.69, 9.17) is 4.42 Å². The molecule has 5 nitrogen and oxygen atoms in total. The number of oxazole rings is 1. The van der Waals surface area contributed by atoms with E-state index in [1.165, 1.54) is 11.8 Å². The Kier molecular flexibility index (Phi) is 4.69. The van der Waals surface area contributed by atoms with E-state index in [-0.39, 0.29) is 5.91 Å². The zero-order chi connectivity index (χ0) is 17.8. The molecule has 5 heteroatoms. The molecule has 4 rings (SSSR count). The minimum Gasteiger partial charge on any atom is -0.437 e. The number of aromatic nitrogens is 1. The predicted octanol–water partition coefficient (Wildman–Crippen LogP) is 3.48. The van der Waals surface area contributed by atoms with Gasteiger partial charge in [-0.05, 0) is 36.6 Å². The molecule has 0 bridgehead atoms. The quantitative estimate of drug-likeness (QED) is 0.718. The van der Waals surface area contributed by atoms with Crippen molar-refractivity contribution in [1.82, 2.24) is 10.3 Å². The standard InChI is InChI=1S/C21H21N3O2/c25-20(10-11-21-23-18-8-4-5-9-19(18)26-21)22-14-16-12-13-24(15-16)17-6-2-1-3-7-17/h1-11,16H,12-15H2,(H,22,25)/b11-10-/t16-/m0/s1. The van der Waals surface area contributed by atoms with E-state index < -0.39 is 0 Å². The molecule has 3 aromatic rings. The second kappa shape index (κ2) is 7.44. The van der Waals surface area contributed by atoms with Crippen LogP contribution >= 0.6 is 0 Å². The number of amides is 1. The number of nitrogens with zero attached hydrogens (tertiary/aromatic N) is 2. The molecule has 1 atom stereocenters. The third-order valence-electron chi connectivity index (χ3n) is 4.66. The Morgan fingerprint density at radius 3 is 2.85 bits per heavy atom. The van der Waals surface area contributed by atoms with Gasteiger partial charge in [-0.25, -0.2) is 4.98 Å². The molecule has 1 fully saturated rings. The highest BCUT2D eigenvalue weighted by Crippen LogP contribution is 2.23. The molecule has 1 aliphatic heterocycles. The average molecular weight is 347 g/mol. The van der Waals surface area contributed by atoms with E-state index in [1.54, 1.807) is 6.08 Å². The van der Waals surface area contributed by atoms with Crippen LogP contribution < -0.4 is 10.2 Å². The second-order valence-electron chi connectivity index (χ2n) is 6.53. The lowest BCUT2D eigenvalue weighted by molar-refractivity contribution is -0.116. The van der Waals surface area contributed by atoms with Gasteiger partial charge < -0.3 is 14.6 Å². The Balaban J connectivity index is 1.27. The summed E-state index contributed by atoms with van der Waals surface area (Å²) in [6.07, 6.45) is 4.18. The van der Waals surface area contributed by atoms with E-state index in [0.29, 0.717) is 18.4 Å². The van der Waals surface area contributed by atoms with Crippen molar-refractivity contribution in [2.75, 3.05) is 24.5 Å². The smallest absolute Gasteiger partial charge is 0.244 e. The highest BCUT2D eigenvalue weighted by molar-refractivity contribution is 5.91. The van der Waals surface area contributed by atoms with Crippen LogP contribution in [0.5, 0.6) is 0 Å². The van der Waals surface area contributed by atoms with Gasteiger partial charge in [0.1, 0.15) is 5.52 Å². The Hall–Kier alpha value is -3.08. The minimum absolute atomic E-state index is 0.120. The maximum Gasteiger partial charge on any atom is 0.244 e. The third kappa shape index (κ3) is 3.77. The summed E-state index contributed by atoms with van der Waals surface area (Å²) in [4.78, 5) is 18.8. The molecule has 132 valence electrons. The molecule has 1 amide bonds. The monoisotopic (exact) mass is 347 g/mol. The summed E-state index contributed by atoms with van der Waals surface area (Å²) in [5.41, 5.74) is 2.76. The van der Waals surface area contributed by atoms with Crippen LogP contribution in [-0.4, -0.2) is 30.5 Å². The summed E-state index contributed by atoms with van der Waals surface area (Å²) in [6, 6.07) is 17.9. The van der Waals surface area contributed by atoms with Gasteiger partial charge in [-0.3, -0.25) is 4.79 Å². The summed E-state index contributed by atoms with van der Waals surface area (Å²) in [6.45, 7) is 2.68. The van der Waals surface area contributed by atoms with Crippen molar-refractivity contribution in [3.63, 3.8) is 0 Å². The van der Waals surface area contributed by atoms with Gasteiger partial charge in [0.25, 0.3) is 0 Å². The zero-order valence-corrected chi connectivity index (χ0v) is 14.5. The normalized spacial score (nSPS) is 17.2. The molecule has 0 spiro atoms. The SMILES string of the molecule is O=C(/C=C\c1nc2ccccc2o1)NC[C@@H]1CCN(c2ccccc2)C1. The first kappa shape index (κ1) is 16.4. The van der Waals surface area contributed by atoms with Crippen molar-refractivity contribution in [3.05, 3.63) is 66.6 Å². The van der Waals surface area contributed by atoms with Crippen LogP contribution in [0.3, 0.4) is 0 Å². The molecule has 1 saturated heterocycles. The number of carbonyl (C=O) groups is 1. The summed E-state index contributed by atoms with van der Waals surface area (Å²) in [5, 5.41) is 2.98. The van der Waals surface area contributed by atoms with Gasteiger partial charge in [-0.2, -0.15) is 0 Å². The number of anilines is 1.